The van der Waals surface area contributed by atoms with Crippen LogP contribution in [-0.4, -0.2) is 6.36 Å². The summed E-state index contributed by atoms with van der Waals surface area (Å²) in [6, 6.07) is 10.2. The molecule has 0 unspecified atom stereocenters. The van der Waals surface area contributed by atoms with Crippen LogP contribution in [0.3, 0.4) is 0 Å². The van der Waals surface area contributed by atoms with Crippen molar-refractivity contribution < 1.29 is 22.6 Å². The van der Waals surface area contributed by atoms with Gasteiger partial charge < -0.3 is 15.2 Å². The number of alkyl halides is 3. The molecule has 2 aromatic rings. The maximum atomic E-state index is 12.3. The summed E-state index contributed by atoms with van der Waals surface area (Å²) in [4.78, 5) is 0. The molecule has 2 N–H and O–H groups in total. The molecule has 0 aromatic heterocycles. The first kappa shape index (κ1) is 15.5. The van der Waals surface area contributed by atoms with Crippen molar-refractivity contribution in [3.8, 4) is 17.2 Å². The Balaban J connectivity index is 2.32. The molecule has 3 nitrogen and oxygen atoms in total. The zero-order valence-electron chi connectivity index (χ0n) is 10.7. The van der Waals surface area contributed by atoms with Crippen molar-refractivity contribution in [2.75, 3.05) is 0 Å². The first-order valence-electron chi connectivity index (χ1n) is 5.90. The Labute approximate surface area is 124 Å². The van der Waals surface area contributed by atoms with Crippen molar-refractivity contribution in [3.05, 3.63) is 53.1 Å². The Hall–Kier alpha value is -1.92. The monoisotopic (exact) mass is 317 g/mol. The van der Waals surface area contributed by atoms with E-state index in [-0.39, 0.29) is 12.3 Å². The van der Waals surface area contributed by atoms with Gasteiger partial charge in [-0.2, -0.15) is 0 Å². The first-order chi connectivity index (χ1) is 9.89. The van der Waals surface area contributed by atoms with E-state index in [9.17, 15) is 13.2 Å². The van der Waals surface area contributed by atoms with Crippen LogP contribution in [0.15, 0.2) is 42.5 Å². The van der Waals surface area contributed by atoms with Crippen molar-refractivity contribution in [1.82, 2.24) is 0 Å². The van der Waals surface area contributed by atoms with Gasteiger partial charge >= 0.3 is 6.36 Å². The third-order valence-corrected chi connectivity index (χ3v) is 2.77. The number of para-hydroxylation sites is 2. The van der Waals surface area contributed by atoms with Crippen LogP contribution < -0.4 is 15.2 Å². The molecule has 21 heavy (non-hydrogen) atoms. The number of hydrogen-bond acceptors (Lipinski definition) is 3. The summed E-state index contributed by atoms with van der Waals surface area (Å²) < 4.78 is 46.4. The predicted molar refractivity (Wildman–Crippen MR) is 72.5 cm³/mol. The van der Waals surface area contributed by atoms with Crippen molar-refractivity contribution in [2.45, 2.75) is 12.9 Å². The number of hydrogen-bond donors (Lipinski definition) is 1. The zero-order chi connectivity index (χ0) is 15.5. The Kier molecular flexibility index (Phi) is 4.59. The molecule has 0 radical (unpaired) electrons. The van der Waals surface area contributed by atoms with Gasteiger partial charge in [0.15, 0.2) is 11.5 Å². The Morgan fingerprint density at radius 1 is 1.00 bits per heavy atom. The molecule has 0 saturated carbocycles. The first-order valence-corrected chi connectivity index (χ1v) is 6.28. The van der Waals surface area contributed by atoms with E-state index in [0.29, 0.717) is 16.3 Å². The number of nitrogens with two attached hydrogens (primary N) is 1. The summed E-state index contributed by atoms with van der Waals surface area (Å²) in [7, 11) is 0. The van der Waals surface area contributed by atoms with E-state index < -0.39 is 12.1 Å². The van der Waals surface area contributed by atoms with Gasteiger partial charge in [-0.1, -0.05) is 23.7 Å². The summed E-state index contributed by atoms with van der Waals surface area (Å²) in [6.45, 7) is 0.137. The highest BCUT2D eigenvalue weighted by Gasteiger charge is 2.32. The minimum atomic E-state index is -4.80. The van der Waals surface area contributed by atoms with Crippen LogP contribution in [0, 0.1) is 0 Å². The Morgan fingerprint density at radius 2 is 1.67 bits per heavy atom. The van der Waals surface area contributed by atoms with Gasteiger partial charge in [0.1, 0.15) is 5.75 Å². The molecule has 2 rings (SSSR count). The second kappa shape index (κ2) is 6.24. The summed E-state index contributed by atoms with van der Waals surface area (Å²) in [5.74, 6) is -0.171. The molecule has 0 bridgehead atoms. The molecule has 0 spiro atoms. The Bertz CT molecular complexity index is 632. The quantitative estimate of drug-likeness (QED) is 0.903. The lowest BCUT2D eigenvalue weighted by atomic mass is 10.2. The van der Waals surface area contributed by atoms with E-state index in [1.807, 2.05) is 0 Å². The smallest absolute Gasteiger partial charge is 0.453 e. The largest absolute Gasteiger partial charge is 0.573 e. The molecular weight excluding hydrogens is 307 g/mol. The van der Waals surface area contributed by atoms with Crippen LogP contribution in [-0.2, 0) is 6.54 Å². The fourth-order valence-corrected chi connectivity index (χ4v) is 1.86. The van der Waals surface area contributed by atoms with Crippen LogP contribution in [0.1, 0.15) is 5.56 Å². The van der Waals surface area contributed by atoms with E-state index in [4.69, 9.17) is 22.1 Å². The average molecular weight is 318 g/mol. The summed E-state index contributed by atoms with van der Waals surface area (Å²) >= 11 is 5.83. The molecule has 2 aromatic carbocycles. The van der Waals surface area contributed by atoms with E-state index in [1.165, 1.54) is 30.3 Å². The van der Waals surface area contributed by atoms with Crippen molar-refractivity contribution in [2.24, 2.45) is 5.73 Å². The van der Waals surface area contributed by atoms with Gasteiger partial charge in [0.05, 0.1) is 0 Å². The average Bonchev–Trinajstić information content (AvgIpc) is 2.41. The highest BCUT2D eigenvalue weighted by atomic mass is 35.5. The van der Waals surface area contributed by atoms with Gasteiger partial charge in [-0.25, -0.2) is 0 Å². The molecule has 0 heterocycles. The highest BCUT2D eigenvalue weighted by molar-refractivity contribution is 6.30. The normalized spacial score (nSPS) is 11.3. The molecule has 0 atom stereocenters. The fraction of sp³-hybridized carbons (Fsp3) is 0.143. The summed E-state index contributed by atoms with van der Waals surface area (Å²) in [5, 5.41) is 0.461. The predicted octanol–water partition coefficient (Wildman–Crippen LogP) is 4.49. The molecule has 0 aliphatic carbocycles. The second-order valence-electron chi connectivity index (χ2n) is 4.05. The fourth-order valence-electron chi connectivity index (χ4n) is 1.67. The van der Waals surface area contributed by atoms with Gasteiger partial charge in [-0.3, -0.25) is 0 Å². The lowest BCUT2D eigenvalue weighted by Gasteiger charge is -2.15. The van der Waals surface area contributed by atoms with Crippen LogP contribution in [0.25, 0.3) is 0 Å². The lowest BCUT2D eigenvalue weighted by Crippen LogP contribution is -2.17. The molecule has 7 heteroatoms. The standard InChI is InChI=1S/C14H11ClF3NO2/c15-10-5-6-11(9(7-10)8-19)20-12-3-1-2-4-13(12)21-14(16,17)18/h1-7H,8,19H2. The van der Waals surface area contributed by atoms with Crippen molar-refractivity contribution in [1.29, 1.82) is 0 Å². The van der Waals surface area contributed by atoms with Crippen LogP contribution in [0.5, 0.6) is 17.2 Å². The maximum Gasteiger partial charge on any atom is 0.573 e. The van der Waals surface area contributed by atoms with Gasteiger partial charge in [0.2, 0.25) is 0 Å². The third kappa shape index (κ3) is 4.27. The third-order valence-electron chi connectivity index (χ3n) is 2.54. The lowest BCUT2D eigenvalue weighted by molar-refractivity contribution is -0.275. The molecule has 0 fully saturated rings. The van der Waals surface area contributed by atoms with E-state index in [1.54, 1.807) is 12.1 Å². The maximum absolute atomic E-state index is 12.3. The summed E-state index contributed by atoms with van der Waals surface area (Å²) in [6.07, 6.45) is -4.80. The molecule has 0 amide bonds. The van der Waals surface area contributed by atoms with Crippen LogP contribution in [0.2, 0.25) is 5.02 Å². The van der Waals surface area contributed by atoms with Crippen molar-refractivity contribution >= 4 is 11.6 Å². The van der Waals surface area contributed by atoms with Crippen molar-refractivity contribution in [3.63, 3.8) is 0 Å². The molecule has 0 aliphatic rings. The van der Waals surface area contributed by atoms with Gasteiger partial charge in [0, 0.05) is 17.1 Å². The molecular formula is C14H11ClF3NO2. The van der Waals surface area contributed by atoms with Crippen LogP contribution >= 0.6 is 11.6 Å². The number of halogens is 4. The molecule has 0 saturated heterocycles. The SMILES string of the molecule is NCc1cc(Cl)ccc1Oc1ccccc1OC(F)(F)F. The van der Waals surface area contributed by atoms with E-state index >= 15 is 0 Å². The van der Waals surface area contributed by atoms with Crippen LogP contribution in [0.4, 0.5) is 13.2 Å². The zero-order valence-corrected chi connectivity index (χ0v) is 11.4. The topological polar surface area (TPSA) is 44.5 Å². The van der Waals surface area contributed by atoms with Gasteiger partial charge in [-0.15, -0.1) is 13.2 Å². The van der Waals surface area contributed by atoms with E-state index in [0.717, 1.165) is 0 Å². The Morgan fingerprint density at radius 3 is 2.29 bits per heavy atom. The van der Waals surface area contributed by atoms with Gasteiger partial charge in [0.25, 0.3) is 0 Å². The molecule has 0 aliphatic heterocycles. The summed E-state index contributed by atoms with van der Waals surface area (Å²) in [5.41, 5.74) is 6.14. The molecule has 112 valence electrons. The minimum Gasteiger partial charge on any atom is -0.453 e. The second-order valence-corrected chi connectivity index (χ2v) is 4.49. The highest BCUT2D eigenvalue weighted by Crippen LogP contribution is 2.36. The number of rotatable bonds is 4. The number of benzene rings is 2. The minimum absolute atomic E-state index is 0.0631. The van der Waals surface area contributed by atoms with E-state index in [2.05, 4.69) is 4.74 Å². The number of ether oxygens (including phenoxy) is 2. The van der Waals surface area contributed by atoms with Gasteiger partial charge in [-0.05, 0) is 30.3 Å².